The van der Waals surface area contributed by atoms with Crippen molar-refractivity contribution >= 4 is 17.7 Å². The minimum atomic E-state index is 0.146. The molecule has 0 aromatic carbocycles. The van der Waals surface area contributed by atoms with Crippen molar-refractivity contribution in [2.24, 2.45) is 5.92 Å². The third-order valence-corrected chi connectivity index (χ3v) is 6.20. The van der Waals surface area contributed by atoms with Crippen LogP contribution in [0.5, 0.6) is 0 Å². The van der Waals surface area contributed by atoms with E-state index in [1.54, 1.807) is 11.8 Å². The Kier molecular flexibility index (Phi) is 4.35. The van der Waals surface area contributed by atoms with E-state index in [9.17, 15) is 4.79 Å². The van der Waals surface area contributed by atoms with Gasteiger partial charge in [0.15, 0.2) is 5.16 Å². The summed E-state index contributed by atoms with van der Waals surface area (Å²) < 4.78 is 2.32. The fraction of sp³-hybridized carbons (Fsp3) is 0.824. The van der Waals surface area contributed by atoms with Crippen LogP contribution in [0.4, 0.5) is 0 Å². The number of nitrogens with one attached hydrogen (secondary N) is 1. The molecule has 6 heteroatoms. The van der Waals surface area contributed by atoms with Crippen LogP contribution in [0.2, 0.25) is 0 Å². The molecule has 0 saturated heterocycles. The molecule has 0 spiro atoms. The van der Waals surface area contributed by atoms with Gasteiger partial charge >= 0.3 is 0 Å². The Morgan fingerprint density at radius 1 is 1.13 bits per heavy atom. The predicted octanol–water partition coefficient (Wildman–Crippen LogP) is 3.28. The highest BCUT2D eigenvalue weighted by molar-refractivity contribution is 7.99. The van der Waals surface area contributed by atoms with Crippen LogP contribution in [0.1, 0.15) is 76.1 Å². The van der Waals surface area contributed by atoms with Crippen LogP contribution in [0.25, 0.3) is 0 Å². The smallest absolute Gasteiger partial charge is 0.230 e. The summed E-state index contributed by atoms with van der Waals surface area (Å²) in [6.45, 7) is 2.30. The maximum absolute atomic E-state index is 12.2. The number of hydrogen-bond acceptors (Lipinski definition) is 4. The van der Waals surface area contributed by atoms with Crippen molar-refractivity contribution in [3.8, 4) is 0 Å². The lowest BCUT2D eigenvalue weighted by molar-refractivity contribution is -0.119. The summed E-state index contributed by atoms with van der Waals surface area (Å²) in [7, 11) is 0. The van der Waals surface area contributed by atoms with E-state index in [1.165, 1.54) is 38.5 Å². The van der Waals surface area contributed by atoms with Crippen LogP contribution in [-0.4, -0.2) is 32.5 Å². The minimum Gasteiger partial charge on any atom is -0.353 e. The van der Waals surface area contributed by atoms with Crippen molar-refractivity contribution in [3.05, 3.63) is 5.82 Å². The zero-order valence-electron chi connectivity index (χ0n) is 13.8. The predicted molar refractivity (Wildman–Crippen MR) is 90.6 cm³/mol. The molecule has 3 fully saturated rings. The van der Waals surface area contributed by atoms with Gasteiger partial charge in [-0.2, -0.15) is 0 Å². The topological polar surface area (TPSA) is 59.8 Å². The zero-order valence-corrected chi connectivity index (χ0v) is 14.6. The number of hydrogen-bond donors (Lipinski definition) is 1. The number of nitrogens with zero attached hydrogens (tertiary/aromatic N) is 3. The Bertz CT molecular complexity index is 571. The average Bonchev–Trinajstić information content (AvgIpc) is 3.46. The van der Waals surface area contributed by atoms with Gasteiger partial charge in [-0.05, 0) is 57.3 Å². The lowest BCUT2D eigenvalue weighted by Gasteiger charge is -2.26. The molecule has 23 heavy (non-hydrogen) atoms. The average molecular weight is 334 g/mol. The summed E-state index contributed by atoms with van der Waals surface area (Å²) in [5.41, 5.74) is 0. The summed E-state index contributed by atoms with van der Waals surface area (Å²) in [6, 6.07) is 0.966. The second kappa shape index (κ2) is 6.46. The highest BCUT2D eigenvalue weighted by Gasteiger charge is 2.36. The number of carbonyl (C=O) groups is 1. The molecule has 1 aromatic rings. The molecule has 5 nitrogen and oxygen atoms in total. The molecule has 4 rings (SSSR count). The molecule has 1 aromatic heterocycles. The lowest BCUT2D eigenvalue weighted by Crippen LogP contribution is -2.38. The SMILES string of the molecule is CC1CCC(NC(=O)CSc2nnc(C3CC3)n2C2CC2)CC1. The molecule has 0 radical (unpaired) electrons. The molecular formula is C17H26N4OS. The Morgan fingerprint density at radius 3 is 2.52 bits per heavy atom. The number of aromatic nitrogens is 3. The standard InChI is InChI=1S/C17H26N4OS/c1-11-2-6-13(7-3-11)18-15(22)10-23-17-20-19-16(12-4-5-12)21(17)14-8-9-14/h11-14H,2-10H2,1H3,(H,18,22). The molecular weight excluding hydrogens is 308 g/mol. The number of amides is 1. The first kappa shape index (κ1) is 15.5. The molecule has 3 aliphatic carbocycles. The second-order valence-corrected chi connectivity index (χ2v) is 8.47. The zero-order chi connectivity index (χ0) is 15.8. The largest absolute Gasteiger partial charge is 0.353 e. The third kappa shape index (κ3) is 3.73. The summed E-state index contributed by atoms with van der Waals surface area (Å²) in [5.74, 6) is 3.21. The molecule has 0 atom stereocenters. The van der Waals surface area contributed by atoms with E-state index >= 15 is 0 Å². The highest BCUT2D eigenvalue weighted by atomic mass is 32.2. The van der Waals surface area contributed by atoms with Crippen molar-refractivity contribution < 1.29 is 4.79 Å². The van der Waals surface area contributed by atoms with Gasteiger partial charge in [-0.25, -0.2) is 0 Å². The summed E-state index contributed by atoms with van der Waals surface area (Å²) >= 11 is 1.56. The number of carbonyl (C=O) groups excluding carboxylic acids is 1. The molecule has 3 saturated carbocycles. The first-order valence-electron chi connectivity index (χ1n) is 9.07. The maximum Gasteiger partial charge on any atom is 0.230 e. The van der Waals surface area contributed by atoms with Crippen LogP contribution in [0, 0.1) is 5.92 Å². The Hall–Kier alpha value is -1.04. The van der Waals surface area contributed by atoms with E-state index in [0.717, 1.165) is 29.7 Å². The van der Waals surface area contributed by atoms with Gasteiger partial charge in [0.1, 0.15) is 5.82 Å². The van der Waals surface area contributed by atoms with Crippen LogP contribution in [0.3, 0.4) is 0 Å². The van der Waals surface area contributed by atoms with Gasteiger partial charge in [0.05, 0.1) is 5.75 Å². The minimum absolute atomic E-state index is 0.146. The third-order valence-electron chi connectivity index (χ3n) is 5.26. The second-order valence-electron chi connectivity index (χ2n) is 7.53. The van der Waals surface area contributed by atoms with Gasteiger partial charge in [0.25, 0.3) is 0 Å². The van der Waals surface area contributed by atoms with E-state index in [2.05, 4.69) is 27.0 Å². The van der Waals surface area contributed by atoms with E-state index in [0.29, 0.717) is 23.8 Å². The van der Waals surface area contributed by atoms with Gasteiger partial charge in [0.2, 0.25) is 5.91 Å². The molecule has 0 bridgehead atoms. The summed E-state index contributed by atoms with van der Waals surface area (Å²) in [5, 5.41) is 12.9. The first-order valence-corrected chi connectivity index (χ1v) is 10.1. The van der Waals surface area contributed by atoms with E-state index in [-0.39, 0.29) is 5.91 Å². The van der Waals surface area contributed by atoms with Crippen molar-refractivity contribution in [3.63, 3.8) is 0 Å². The lowest BCUT2D eigenvalue weighted by atomic mass is 9.87. The fourth-order valence-electron chi connectivity index (χ4n) is 3.49. The Labute approximate surface area is 142 Å². The first-order chi connectivity index (χ1) is 11.2. The van der Waals surface area contributed by atoms with Crippen LogP contribution in [0.15, 0.2) is 5.16 Å². The van der Waals surface area contributed by atoms with Crippen molar-refractivity contribution in [2.45, 2.75) is 81.4 Å². The molecule has 1 amide bonds. The van der Waals surface area contributed by atoms with Crippen LogP contribution < -0.4 is 5.32 Å². The van der Waals surface area contributed by atoms with Gasteiger partial charge < -0.3 is 9.88 Å². The normalized spacial score (nSPS) is 27.9. The fourth-order valence-corrected chi connectivity index (χ4v) is 4.31. The number of rotatable bonds is 6. The summed E-state index contributed by atoms with van der Waals surface area (Å²) in [6.07, 6.45) is 9.68. The highest BCUT2D eigenvalue weighted by Crippen LogP contribution is 2.45. The molecule has 1 N–H and O–H groups in total. The van der Waals surface area contributed by atoms with E-state index in [4.69, 9.17) is 0 Å². The van der Waals surface area contributed by atoms with Crippen molar-refractivity contribution in [2.75, 3.05) is 5.75 Å². The van der Waals surface area contributed by atoms with E-state index < -0.39 is 0 Å². The van der Waals surface area contributed by atoms with Crippen LogP contribution >= 0.6 is 11.8 Å². The Morgan fingerprint density at radius 2 is 1.87 bits per heavy atom. The molecule has 3 aliphatic rings. The van der Waals surface area contributed by atoms with Crippen molar-refractivity contribution in [1.29, 1.82) is 0 Å². The monoisotopic (exact) mass is 334 g/mol. The summed E-state index contributed by atoms with van der Waals surface area (Å²) in [4.78, 5) is 12.2. The molecule has 1 heterocycles. The van der Waals surface area contributed by atoms with Gasteiger partial charge in [-0.3, -0.25) is 4.79 Å². The van der Waals surface area contributed by atoms with E-state index in [1.807, 2.05) is 0 Å². The Balaban J connectivity index is 1.31. The van der Waals surface area contributed by atoms with Gasteiger partial charge in [-0.1, -0.05) is 18.7 Å². The number of thioether (sulfide) groups is 1. The van der Waals surface area contributed by atoms with Crippen molar-refractivity contribution in [1.82, 2.24) is 20.1 Å². The maximum atomic E-state index is 12.2. The molecule has 126 valence electrons. The van der Waals surface area contributed by atoms with Crippen LogP contribution in [-0.2, 0) is 4.79 Å². The van der Waals surface area contributed by atoms with Gasteiger partial charge in [-0.15, -0.1) is 10.2 Å². The quantitative estimate of drug-likeness (QED) is 0.811. The molecule has 0 unspecified atom stereocenters. The van der Waals surface area contributed by atoms with Gasteiger partial charge in [0, 0.05) is 18.0 Å². The molecule has 0 aliphatic heterocycles.